The highest BCUT2D eigenvalue weighted by Crippen LogP contribution is 2.32. The summed E-state index contributed by atoms with van der Waals surface area (Å²) in [6, 6.07) is 14.0. The predicted molar refractivity (Wildman–Crippen MR) is 108 cm³/mol. The zero-order chi connectivity index (χ0) is 19.7. The Morgan fingerprint density at radius 2 is 2.04 bits per heavy atom. The first-order chi connectivity index (χ1) is 13.5. The summed E-state index contributed by atoms with van der Waals surface area (Å²) >= 11 is 6.44. The summed E-state index contributed by atoms with van der Waals surface area (Å²) < 4.78 is 5.51. The number of nitro benzene ring substituents is 1. The van der Waals surface area contributed by atoms with Gasteiger partial charge in [0, 0.05) is 35.6 Å². The standard InChI is InChI=1S/C20H17ClN4O3/c1-2-28-15-8-5-13-9-16(20(21)22-17(13)10-15)19-11-18(23-24-19)12-3-6-14(7-4-12)25(26)27/h3-10,19,24H,2,11H2,1H3. The van der Waals surface area contributed by atoms with Gasteiger partial charge in [-0.25, -0.2) is 4.98 Å². The molecule has 8 heteroatoms. The van der Waals surface area contributed by atoms with Gasteiger partial charge in [0.15, 0.2) is 0 Å². The number of hydrazone groups is 1. The van der Waals surface area contributed by atoms with E-state index in [4.69, 9.17) is 16.3 Å². The van der Waals surface area contributed by atoms with Crippen LogP contribution < -0.4 is 10.2 Å². The number of ether oxygens (including phenoxy) is 1. The molecule has 1 aliphatic heterocycles. The van der Waals surface area contributed by atoms with E-state index in [1.807, 2.05) is 31.2 Å². The third-order valence-corrected chi connectivity index (χ3v) is 4.92. The van der Waals surface area contributed by atoms with E-state index < -0.39 is 4.92 Å². The SMILES string of the molecule is CCOc1ccc2cc(C3CC(c4ccc([N+](=O)[O-])cc4)=NN3)c(Cl)nc2c1. The maximum absolute atomic E-state index is 10.8. The third-order valence-electron chi connectivity index (χ3n) is 4.62. The van der Waals surface area contributed by atoms with Crippen LogP contribution in [0.5, 0.6) is 5.75 Å². The van der Waals surface area contributed by atoms with E-state index in [1.54, 1.807) is 12.1 Å². The van der Waals surface area contributed by atoms with Gasteiger partial charge in [-0.05, 0) is 42.8 Å². The van der Waals surface area contributed by atoms with Crippen molar-refractivity contribution in [3.63, 3.8) is 0 Å². The van der Waals surface area contributed by atoms with Crippen LogP contribution in [0.1, 0.15) is 30.5 Å². The molecule has 0 saturated heterocycles. The molecule has 7 nitrogen and oxygen atoms in total. The second-order valence-electron chi connectivity index (χ2n) is 6.40. The molecule has 0 amide bonds. The van der Waals surface area contributed by atoms with Crippen LogP contribution in [0.4, 0.5) is 5.69 Å². The smallest absolute Gasteiger partial charge is 0.269 e. The molecule has 1 aromatic heterocycles. The molecule has 3 aromatic rings. The first-order valence-electron chi connectivity index (χ1n) is 8.85. The number of benzene rings is 2. The summed E-state index contributed by atoms with van der Waals surface area (Å²) in [6.45, 7) is 2.52. The minimum absolute atomic E-state index is 0.0556. The Morgan fingerprint density at radius 1 is 1.25 bits per heavy atom. The van der Waals surface area contributed by atoms with E-state index in [2.05, 4.69) is 15.5 Å². The largest absolute Gasteiger partial charge is 0.494 e. The normalized spacial score (nSPS) is 15.9. The summed E-state index contributed by atoms with van der Waals surface area (Å²) in [7, 11) is 0. The quantitative estimate of drug-likeness (QED) is 0.385. The van der Waals surface area contributed by atoms with E-state index >= 15 is 0 Å². The molecule has 0 radical (unpaired) electrons. The lowest BCUT2D eigenvalue weighted by Gasteiger charge is -2.13. The van der Waals surface area contributed by atoms with E-state index in [-0.39, 0.29) is 11.7 Å². The van der Waals surface area contributed by atoms with Gasteiger partial charge in [-0.2, -0.15) is 5.10 Å². The Bertz CT molecular complexity index is 1080. The highest BCUT2D eigenvalue weighted by Gasteiger charge is 2.24. The summed E-state index contributed by atoms with van der Waals surface area (Å²) in [5.41, 5.74) is 6.45. The van der Waals surface area contributed by atoms with Crippen LogP contribution in [0, 0.1) is 10.1 Å². The van der Waals surface area contributed by atoms with Crippen LogP contribution in [-0.4, -0.2) is 22.2 Å². The summed E-state index contributed by atoms with van der Waals surface area (Å²) in [6.07, 6.45) is 0.613. The number of non-ortho nitro benzene ring substituents is 1. The molecule has 0 aliphatic carbocycles. The molecule has 0 saturated carbocycles. The van der Waals surface area contributed by atoms with Crippen molar-refractivity contribution in [2.75, 3.05) is 6.61 Å². The number of nitrogens with one attached hydrogen (secondary N) is 1. The van der Waals surface area contributed by atoms with Crippen molar-refractivity contribution >= 4 is 33.9 Å². The number of hydrogen-bond acceptors (Lipinski definition) is 6. The van der Waals surface area contributed by atoms with Gasteiger partial charge in [-0.15, -0.1) is 0 Å². The maximum atomic E-state index is 10.8. The molecule has 0 bridgehead atoms. The van der Waals surface area contributed by atoms with Gasteiger partial charge >= 0.3 is 0 Å². The van der Waals surface area contributed by atoms with Crippen molar-refractivity contribution in [2.45, 2.75) is 19.4 Å². The Balaban J connectivity index is 1.57. The van der Waals surface area contributed by atoms with Crippen molar-refractivity contribution in [1.29, 1.82) is 0 Å². The molecule has 1 atom stereocenters. The molecule has 28 heavy (non-hydrogen) atoms. The molecule has 1 N–H and O–H groups in total. The fraction of sp³-hybridized carbons (Fsp3) is 0.200. The molecular weight excluding hydrogens is 380 g/mol. The number of hydrogen-bond donors (Lipinski definition) is 1. The molecule has 0 spiro atoms. The zero-order valence-electron chi connectivity index (χ0n) is 15.1. The van der Waals surface area contributed by atoms with Gasteiger partial charge in [0.2, 0.25) is 0 Å². The van der Waals surface area contributed by atoms with Crippen molar-refractivity contribution in [2.24, 2.45) is 5.10 Å². The number of nitrogens with zero attached hydrogens (tertiary/aromatic N) is 3. The Hall–Kier alpha value is -3.19. The minimum Gasteiger partial charge on any atom is -0.494 e. The van der Waals surface area contributed by atoms with E-state index in [0.717, 1.165) is 33.5 Å². The average molecular weight is 397 g/mol. The highest BCUT2D eigenvalue weighted by molar-refractivity contribution is 6.30. The van der Waals surface area contributed by atoms with Crippen LogP contribution in [0.2, 0.25) is 5.15 Å². The van der Waals surface area contributed by atoms with Gasteiger partial charge < -0.3 is 10.2 Å². The second kappa shape index (κ2) is 7.44. The molecule has 4 rings (SSSR count). The number of aromatic nitrogens is 1. The fourth-order valence-corrected chi connectivity index (χ4v) is 3.50. The van der Waals surface area contributed by atoms with Crippen molar-refractivity contribution in [1.82, 2.24) is 10.4 Å². The average Bonchev–Trinajstić information content (AvgIpc) is 3.17. The number of rotatable bonds is 5. The topological polar surface area (TPSA) is 89.7 Å². The number of nitro groups is 1. The fourth-order valence-electron chi connectivity index (χ4n) is 3.22. The molecule has 2 heterocycles. The van der Waals surface area contributed by atoms with Gasteiger partial charge in [-0.1, -0.05) is 11.6 Å². The predicted octanol–water partition coefficient (Wildman–Crippen LogP) is 4.63. The van der Waals surface area contributed by atoms with Gasteiger partial charge in [0.05, 0.1) is 28.8 Å². The second-order valence-corrected chi connectivity index (χ2v) is 6.76. The number of fused-ring (bicyclic) bond motifs is 1. The van der Waals surface area contributed by atoms with Crippen LogP contribution >= 0.6 is 11.6 Å². The summed E-state index contributed by atoms with van der Waals surface area (Å²) in [4.78, 5) is 14.9. The lowest BCUT2D eigenvalue weighted by atomic mass is 9.99. The van der Waals surface area contributed by atoms with Gasteiger partial charge in [0.1, 0.15) is 10.9 Å². The van der Waals surface area contributed by atoms with Gasteiger partial charge in [-0.3, -0.25) is 10.1 Å². The lowest BCUT2D eigenvalue weighted by molar-refractivity contribution is -0.384. The van der Waals surface area contributed by atoms with E-state index in [0.29, 0.717) is 18.2 Å². The molecule has 1 unspecified atom stereocenters. The molecule has 0 fully saturated rings. The summed E-state index contributed by atoms with van der Waals surface area (Å²) in [5.74, 6) is 0.758. The first-order valence-corrected chi connectivity index (χ1v) is 9.23. The van der Waals surface area contributed by atoms with Crippen molar-refractivity contribution < 1.29 is 9.66 Å². The molecule has 142 valence electrons. The van der Waals surface area contributed by atoms with Crippen LogP contribution in [0.3, 0.4) is 0 Å². The highest BCUT2D eigenvalue weighted by atomic mass is 35.5. The minimum atomic E-state index is -0.418. The number of pyridine rings is 1. The van der Waals surface area contributed by atoms with Crippen LogP contribution in [0.15, 0.2) is 53.6 Å². The van der Waals surface area contributed by atoms with Crippen LogP contribution in [-0.2, 0) is 0 Å². The molecule has 2 aromatic carbocycles. The molecule has 1 aliphatic rings. The van der Waals surface area contributed by atoms with E-state index in [1.165, 1.54) is 12.1 Å². The Labute approximate surface area is 166 Å². The number of halogens is 1. The lowest BCUT2D eigenvalue weighted by Crippen LogP contribution is -2.11. The molecular formula is C20H17ClN4O3. The zero-order valence-corrected chi connectivity index (χ0v) is 15.8. The summed E-state index contributed by atoms with van der Waals surface area (Å²) in [5, 5.41) is 16.6. The monoisotopic (exact) mass is 396 g/mol. The van der Waals surface area contributed by atoms with Crippen molar-refractivity contribution in [3.05, 3.63) is 74.9 Å². The first kappa shape index (κ1) is 18.2. The maximum Gasteiger partial charge on any atom is 0.269 e. The Kier molecular flexibility index (Phi) is 4.83. The van der Waals surface area contributed by atoms with E-state index in [9.17, 15) is 10.1 Å². The van der Waals surface area contributed by atoms with Crippen molar-refractivity contribution in [3.8, 4) is 5.75 Å². The van der Waals surface area contributed by atoms with Gasteiger partial charge in [0.25, 0.3) is 5.69 Å². The third kappa shape index (κ3) is 3.48. The van der Waals surface area contributed by atoms with Crippen LogP contribution in [0.25, 0.3) is 10.9 Å². The Morgan fingerprint density at radius 3 is 2.75 bits per heavy atom.